The summed E-state index contributed by atoms with van der Waals surface area (Å²) < 4.78 is 40.2. The Morgan fingerprint density at radius 2 is 1.88 bits per heavy atom. The number of nitrogens with two attached hydrogens (primary N) is 1. The highest BCUT2D eigenvalue weighted by atomic mass is 19.4. The molecule has 1 fully saturated rings. The summed E-state index contributed by atoms with van der Waals surface area (Å²) in [6.07, 6.45) is -3.97. The van der Waals surface area contributed by atoms with E-state index in [9.17, 15) is 27.6 Å². The molecule has 2 rings (SSSR count). The van der Waals surface area contributed by atoms with Gasteiger partial charge in [0.15, 0.2) is 5.78 Å². The number of nitrogens with zero attached hydrogens (tertiary/aromatic N) is 3. The monoisotopic (exact) mass is 348 g/mol. The summed E-state index contributed by atoms with van der Waals surface area (Å²) >= 11 is 0. The average molecular weight is 348 g/mol. The van der Waals surface area contributed by atoms with Crippen molar-refractivity contribution in [1.82, 2.24) is 14.0 Å². The Hall–Kier alpha value is -2.10. The van der Waals surface area contributed by atoms with Gasteiger partial charge in [-0.05, 0) is 19.4 Å². The molecular formula is C14H19F3N4O3. The summed E-state index contributed by atoms with van der Waals surface area (Å²) in [6.45, 7) is -0.296. The van der Waals surface area contributed by atoms with Gasteiger partial charge in [0.05, 0.1) is 12.5 Å². The van der Waals surface area contributed by atoms with Gasteiger partial charge in [-0.15, -0.1) is 0 Å². The number of carbonyl (C=O) groups excluding carboxylic acids is 1. The van der Waals surface area contributed by atoms with Gasteiger partial charge in [0.25, 0.3) is 5.56 Å². The quantitative estimate of drug-likeness (QED) is 0.784. The van der Waals surface area contributed by atoms with Crippen LogP contribution in [0.3, 0.4) is 0 Å². The zero-order valence-corrected chi connectivity index (χ0v) is 13.4. The Kier molecular flexibility index (Phi) is 4.88. The molecule has 0 saturated carbocycles. The smallest absolute Gasteiger partial charge is 0.384 e. The predicted molar refractivity (Wildman–Crippen MR) is 80.9 cm³/mol. The third-order valence-corrected chi connectivity index (χ3v) is 4.32. The second kappa shape index (κ2) is 6.42. The lowest BCUT2D eigenvalue weighted by Crippen LogP contribution is -2.46. The number of nitrogen functional groups attached to an aromatic ring is 1. The first-order chi connectivity index (χ1) is 11.0. The fraction of sp³-hybridized carbons (Fsp3) is 0.643. The summed E-state index contributed by atoms with van der Waals surface area (Å²) in [6, 6.07) is 0. The summed E-state index contributed by atoms with van der Waals surface area (Å²) in [5, 5.41) is 0. The van der Waals surface area contributed by atoms with Crippen molar-refractivity contribution in [3.05, 3.63) is 26.4 Å². The summed E-state index contributed by atoms with van der Waals surface area (Å²) in [7, 11) is 2.52. The van der Waals surface area contributed by atoms with Crippen molar-refractivity contribution in [2.24, 2.45) is 20.0 Å². The van der Waals surface area contributed by atoms with Crippen LogP contribution in [0.2, 0.25) is 0 Å². The molecule has 2 N–H and O–H groups in total. The van der Waals surface area contributed by atoms with E-state index in [0.29, 0.717) is 13.0 Å². The Balaban J connectivity index is 2.25. The van der Waals surface area contributed by atoms with Gasteiger partial charge in [0, 0.05) is 20.6 Å². The van der Waals surface area contributed by atoms with Gasteiger partial charge in [-0.1, -0.05) is 0 Å². The molecule has 0 aliphatic carbocycles. The Bertz CT molecular complexity index is 766. The van der Waals surface area contributed by atoms with Gasteiger partial charge in [0.1, 0.15) is 11.4 Å². The zero-order chi connectivity index (χ0) is 18.2. The van der Waals surface area contributed by atoms with Crippen LogP contribution in [-0.2, 0) is 14.1 Å². The molecular weight excluding hydrogens is 329 g/mol. The molecule has 2 heterocycles. The second-order valence-electron chi connectivity index (χ2n) is 6.01. The molecule has 0 bridgehead atoms. The molecule has 0 aromatic carbocycles. The topological polar surface area (TPSA) is 90.3 Å². The van der Waals surface area contributed by atoms with Crippen LogP contribution in [0.5, 0.6) is 0 Å². The number of halogens is 3. The zero-order valence-electron chi connectivity index (χ0n) is 13.4. The summed E-state index contributed by atoms with van der Waals surface area (Å²) in [5.41, 5.74) is 3.80. The molecule has 0 unspecified atom stereocenters. The molecule has 0 spiro atoms. The van der Waals surface area contributed by atoms with Crippen molar-refractivity contribution in [3.63, 3.8) is 0 Å². The minimum absolute atomic E-state index is 0.0257. The molecule has 134 valence electrons. The maximum atomic E-state index is 12.8. The highest BCUT2D eigenvalue weighted by Gasteiger charge is 2.42. The molecule has 1 aliphatic rings. The number of likely N-dealkylation sites (tertiary alicyclic amines) is 1. The van der Waals surface area contributed by atoms with Gasteiger partial charge in [-0.3, -0.25) is 23.6 Å². The van der Waals surface area contributed by atoms with Gasteiger partial charge >= 0.3 is 11.9 Å². The minimum atomic E-state index is -4.31. The van der Waals surface area contributed by atoms with Gasteiger partial charge in [0.2, 0.25) is 0 Å². The summed E-state index contributed by atoms with van der Waals surface area (Å²) in [4.78, 5) is 37.6. The molecule has 10 heteroatoms. The highest BCUT2D eigenvalue weighted by Crippen LogP contribution is 2.33. The third kappa shape index (κ3) is 3.37. The standard InChI is InChI=1S/C14H19F3N4O3/c1-19-11(18)10(12(23)20(2)13(19)24)9(22)7-21-5-3-4-8(6-21)14(15,16)17/h8H,3-7,18H2,1-2H3/t8-/m0/s1. The van der Waals surface area contributed by atoms with E-state index in [1.165, 1.54) is 19.0 Å². The number of ketones is 1. The SMILES string of the molecule is Cn1c(N)c(C(=O)CN2CCC[C@H](C(F)(F)F)C2)c(=O)n(C)c1=O. The van der Waals surface area contributed by atoms with Crippen molar-refractivity contribution in [2.45, 2.75) is 19.0 Å². The number of carbonyl (C=O) groups is 1. The Labute approximate surface area is 135 Å². The number of Topliss-reactive ketones (excluding diaryl/α,β-unsaturated/α-hetero) is 1. The van der Waals surface area contributed by atoms with E-state index in [2.05, 4.69) is 0 Å². The normalized spacial score (nSPS) is 19.5. The fourth-order valence-electron chi connectivity index (χ4n) is 2.87. The van der Waals surface area contributed by atoms with Crippen LogP contribution < -0.4 is 17.0 Å². The van der Waals surface area contributed by atoms with E-state index in [4.69, 9.17) is 5.73 Å². The maximum absolute atomic E-state index is 12.8. The minimum Gasteiger partial charge on any atom is -0.384 e. The second-order valence-corrected chi connectivity index (χ2v) is 6.01. The van der Waals surface area contributed by atoms with Crippen LogP contribution in [0, 0.1) is 5.92 Å². The number of hydrogen-bond donors (Lipinski definition) is 1. The van der Waals surface area contributed by atoms with Crippen molar-refractivity contribution in [3.8, 4) is 0 Å². The van der Waals surface area contributed by atoms with Crippen LogP contribution >= 0.6 is 0 Å². The van der Waals surface area contributed by atoms with Crippen LogP contribution in [0.15, 0.2) is 9.59 Å². The van der Waals surface area contributed by atoms with Crippen molar-refractivity contribution in [1.29, 1.82) is 0 Å². The maximum Gasteiger partial charge on any atom is 0.393 e. The number of aromatic nitrogens is 2. The van der Waals surface area contributed by atoms with Crippen molar-refractivity contribution in [2.75, 3.05) is 25.4 Å². The van der Waals surface area contributed by atoms with E-state index < -0.39 is 29.1 Å². The molecule has 1 aliphatic heterocycles. The fourth-order valence-corrected chi connectivity index (χ4v) is 2.87. The predicted octanol–water partition coefficient (Wildman–Crippen LogP) is 0.123. The van der Waals surface area contributed by atoms with Crippen molar-refractivity contribution < 1.29 is 18.0 Å². The van der Waals surface area contributed by atoms with Crippen LogP contribution in [0.4, 0.5) is 19.0 Å². The van der Waals surface area contributed by atoms with Crippen LogP contribution in [0.25, 0.3) is 0 Å². The molecule has 1 aromatic heterocycles. The van der Waals surface area contributed by atoms with Gasteiger partial charge in [-0.2, -0.15) is 13.2 Å². The van der Waals surface area contributed by atoms with Crippen molar-refractivity contribution >= 4 is 11.6 Å². The largest absolute Gasteiger partial charge is 0.393 e. The molecule has 1 aromatic rings. The van der Waals surface area contributed by atoms with E-state index in [-0.39, 0.29) is 30.9 Å². The summed E-state index contributed by atoms with van der Waals surface area (Å²) in [5.74, 6) is -2.46. The lowest BCUT2D eigenvalue weighted by Gasteiger charge is -2.33. The van der Waals surface area contributed by atoms with Crippen LogP contribution in [-0.4, -0.2) is 45.6 Å². The van der Waals surface area contributed by atoms with E-state index in [1.54, 1.807) is 0 Å². The number of piperidine rings is 1. The molecule has 0 amide bonds. The number of alkyl halides is 3. The van der Waals surface area contributed by atoms with E-state index in [1.807, 2.05) is 0 Å². The average Bonchev–Trinajstić information content (AvgIpc) is 2.50. The molecule has 1 atom stereocenters. The van der Waals surface area contributed by atoms with Gasteiger partial charge < -0.3 is 5.73 Å². The first kappa shape index (κ1) is 18.2. The third-order valence-electron chi connectivity index (χ3n) is 4.32. The Morgan fingerprint density at radius 3 is 2.46 bits per heavy atom. The highest BCUT2D eigenvalue weighted by molar-refractivity contribution is 6.01. The number of anilines is 1. The Morgan fingerprint density at radius 1 is 1.25 bits per heavy atom. The van der Waals surface area contributed by atoms with Gasteiger partial charge in [-0.25, -0.2) is 4.79 Å². The van der Waals surface area contributed by atoms with E-state index in [0.717, 1.165) is 9.13 Å². The number of hydrogen-bond acceptors (Lipinski definition) is 5. The molecule has 7 nitrogen and oxygen atoms in total. The molecule has 1 saturated heterocycles. The number of rotatable bonds is 3. The molecule has 24 heavy (non-hydrogen) atoms. The lowest BCUT2D eigenvalue weighted by molar-refractivity contribution is -0.186. The molecule has 0 radical (unpaired) electrons. The first-order valence-electron chi connectivity index (χ1n) is 7.41. The lowest BCUT2D eigenvalue weighted by atomic mass is 9.97. The van der Waals surface area contributed by atoms with Crippen LogP contribution in [0.1, 0.15) is 23.2 Å². The first-order valence-corrected chi connectivity index (χ1v) is 7.41. The van der Waals surface area contributed by atoms with E-state index >= 15 is 0 Å².